The molecule has 2 heterocycles. The Morgan fingerprint density at radius 3 is 2.70 bits per heavy atom. The van der Waals surface area contributed by atoms with Crippen molar-refractivity contribution in [3.63, 3.8) is 0 Å². The van der Waals surface area contributed by atoms with Crippen molar-refractivity contribution in [2.45, 2.75) is 19.9 Å². The average molecular weight is 330 g/mol. The maximum atomic E-state index is 12.2. The number of aryl methyl sites for hydroxylation is 1. The minimum Gasteiger partial charge on any atom is -0.374 e. The molecule has 1 atom stereocenters. The molecule has 1 aliphatic heterocycles. The summed E-state index contributed by atoms with van der Waals surface area (Å²) in [4.78, 5) is 29.5. The largest absolute Gasteiger partial charge is 0.374 e. The van der Waals surface area contributed by atoms with E-state index in [1.54, 1.807) is 18.3 Å². The van der Waals surface area contributed by atoms with Gasteiger partial charge in [0.2, 0.25) is 0 Å². The molecule has 1 aromatic carbocycles. The molecular weight excluding hydrogens is 312 g/mol. The fraction of sp³-hybridized carbons (Fsp3) is 0.312. The lowest BCUT2D eigenvalue weighted by molar-refractivity contribution is -0.128. The van der Waals surface area contributed by atoms with E-state index >= 15 is 0 Å². The topological polar surface area (TPSA) is 74.3 Å². The Morgan fingerprint density at radius 2 is 2.13 bits per heavy atom. The van der Waals surface area contributed by atoms with E-state index in [0.29, 0.717) is 13.1 Å². The van der Waals surface area contributed by atoms with E-state index < -0.39 is 6.04 Å². The number of hydrogen-bond donors (Lipinski definition) is 2. The number of rotatable bonds is 4. The summed E-state index contributed by atoms with van der Waals surface area (Å²) in [7, 11) is 0. The van der Waals surface area contributed by atoms with Crippen molar-refractivity contribution >= 4 is 29.0 Å². The highest BCUT2D eigenvalue weighted by Crippen LogP contribution is 2.23. The van der Waals surface area contributed by atoms with E-state index in [-0.39, 0.29) is 11.9 Å². The number of aromatic nitrogens is 1. The standard InChI is InChI=1S/C16H18N4O2S/c1-10(15(21)20-8-7-17-16(20)22)18-13-5-3-12(4-6-13)14-9-23-11(2)19-14/h3-6,9-10,18H,7-8H2,1-2H3,(H,17,22)/t10-/m1/s1. The lowest BCUT2D eigenvalue weighted by atomic mass is 10.1. The summed E-state index contributed by atoms with van der Waals surface area (Å²) in [5.41, 5.74) is 2.83. The number of carbonyl (C=O) groups excluding carboxylic acids is 2. The zero-order chi connectivity index (χ0) is 16.4. The SMILES string of the molecule is Cc1nc(-c2ccc(N[C@H](C)C(=O)N3CCNC3=O)cc2)cs1. The van der Waals surface area contributed by atoms with Crippen LogP contribution < -0.4 is 10.6 Å². The third-order valence-electron chi connectivity index (χ3n) is 3.68. The highest BCUT2D eigenvalue weighted by molar-refractivity contribution is 7.09. The summed E-state index contributed by atoms with van der Waals surface area (Å²) in [6.07, 6.45) is 0. The minimum absolute atomic E-state index is 0.223. The first-order chi connectivity index (χ1) is 11.0. The summed E-state index contributed by atoms with van der Waals surface area (Å²) in [6.45, 7) is 4.67. The van der Waals surface area contributed by atoms with Crippen LogP contribution in [0, 0.1) is 6.92 Å². The van der Waals surface area contributed by atoms with E-state index in [4.69, 9.17) is 0 Å². The Balaban J connectivity index is 1.66. The summed E-state index contributed by atoms with van der Waals surface area (Å²) >= 11 is 1.62. The molecule has 0 bridgehead atoms. The summed E-state index contributed by atoms with van der Waals surface area (Å²) in [5, 5.41) is 8.82. The number of nitrogens with zero attached hydrogens (tertiary/aromatic N) is 2. The maximum absolute atomic E-state index is 12.2. The molecule has 1 saturated heterocycles. The zero-order valence-electron chi connectivity index (χ0n) is 13.0. The normalized spacial score (nSPS) is 15.4. The van der Waals surface area contributed by atoms with Crippen LogP contribution in [0.4, 0.5) is 10.5 Å². The maximum Gasteiger partial charge on any atom is 0.324 e. The van der Waals surface area contributed by atoms with Crippen LogP contribution in [0.2, 0.25) is 0 Å². The van der Waals surface area contributed by atoms with Crippen LogP contribution in [0.3, 0.4) is 0 Å². The number of benzene rings is 1. The number of anilines is 1. The quantitative estimate of drug-likeness (QED) is 0.903. The first-order valence-corrected chi connectivity index (χ1v) is 8.31. The number of carbonyl (C=O) groups is 2. The predicted octanol–water partition coefficient (Wildman–Crippen LogP) is 2.47. The fourth-order valence-corrected chi connectivity index (χ4v) is 3.08. The number of urea groups is 1. The van der Waals surface area contributed by atoms with Gasteiger partial charge in [-0.2, -0.15) is 0 Å². The van der Waals surface area contributed by atoms with Crippen molar-refractivity contribution < 1.29 is 9.59 Å². The van der Waals surface area contributed by atoms with Crippen molar-refractivity contribution in [1.29, 1.82) is 0 Å². The molecule has 2 N–H and O–H groups in total. The van der Waals surface area contributed by atoms with Gasteiger partial charge in [0.15, 0.2) is 0 Å². The molecule has 0 saturated carbocycles. The van der Waals surface area contributed by atoms with Gasteiger partial charge in [-0.3, -0.25) is 9.69 Å². The molecule has 1 aromatic heterocycles. The number of thiazole rings is 1. The van der Waals surface area contributed by atoms with Crippen molar-refractivity contribution in [2.24, 2.45) is 0 Å². The monoisotopic (exact) mass is 330 g/mol. The van der Waals surface area contributed by atoms with Gasteiger partial charge < -0.3 is 10.6 Å². The van der Waals surface area contributed by atoms with E-state index in [1.165, 1.54) is 4.90 Å². The van der Waals surface area contributed by atoms with Gasteiger partial charge in [-0.25, -0.2) is 9.78 Å². The second-order valence-electron chi connectivity index (χ2n) is 5.42. The summed E-state index contributed by atoms with van der Waals surface area (Å²) in [6, 6.07) is 6.98. The Bertz CT molecular complexity index is 726. The second-order valence-corrected chi connectivity index (χ2v) is 6.48. The minimum atomic E-state index is -0.466. The number of hydrogen-bond acceptors (Lipinski definition) is 5. The van der Waals surface area contributed by atoms with Crippen LogP contribution in [0.1, 0.15) is 11.9 Å². The molecule has 0 radical (unpaired) electrons. The number of imide groups is 1. The molecule has 0 unspecified atom stereocenters. The third-order valence-corrected chi connectivity index (χ3v) is 4.45. The van der Waals surface area contributed by atoms with Crippen LogP contribution in [0.25, 0.3) is 11.3 Å². The van der Waals surface area contributed by atoms with Crippen molar-refractivity contribution in [3.05, 3.63) is 34.7 Å². The first kappa shape index (κ1) is 15.5. The van der Waals surface area contributed by atoms with Crippen LogP contribution in [0.5, 0.6) is 0 Å². The summed E-state index contributed by atoms with van der Waals surface area (Å²) in [5.74, 6) is -0.223. The second kappa shape index (κ2) is 6.37. The van der Waals surface area contributed by atoms with Gasteiger partial charge in [-0.15, -0.1) is 11.3 Å². The Morgan fingerprint density at radius 1 is 1.39 bits per heavy atom. The van der Waals surface area contributed by atoms with Crippen LogP contribution >= 0.6 is 11.3 Å². The predicted molar refractivity (Wildman–Crippen MR) is 90.5 cm³/mol. The molecule has 7 heteroatoms. The Hall–Kier alpha value is -2.41. The first-order valence-electron chi connectivity index (χ1n) is 7.43. The van der Waals surface area contributed by atoms with Gasteiger partial charge in [-0.1, -0.05) is 12.1 Å². The molecule has 2 aromatic rings. The van der Waals surface area contributed by atoms with Gasteiger partial charge in [0.25, 0.3) is 5.91 Å². The molecule has 23 heavy (non-hydrogen) atoms. The van der Waals surface area contributed by atoms with Crippen LogP contribution in [-0.2, 0) is 4.79 Å². The smallest absolute Gasteiger partial charge is 0.324 e. The van der Waals surface area contributed by atoms with Crippen LogP contribution in [-0.4, -0.2) is 41.0 Å². The lowest BCUT2D eigenvalue weighted by Crippen LogP contribution is -2.43. The molecular formula is C16H18N4O2S. The molecule has 3 amide bonds. The van der Waals surface area contributed by atoms with Gasteiger partial charge in [0.1, 0.15) is 6.04 Å². The van der Waals surface area contributed by atoms with Gasteiger partial charge in [0.05, 0.1) is 10.7 Å². The van der Waals surface area contributed by atoms with Crippen LogP contribution in [0.15, 0.2) is 29.6 Å². The third kappa shape index (κ3) is 3.34. The highest BCUT2D eigenvalue weighted by atomic mass is 32.1. The van der Waals surface area contributed by atoms with Gasteiger partial charge in [0, 0.05) is 29.7 Å². The molecule has 6 nitrogen and oxygen atoms in total. The van der Waals surface area contributed by atoms with Crippen molar-refractivity contribution in [1.82, 2.24) is 15.2 Å². The van der Waals surface area contributed by atoms with E-state index in [0.717, 1.165) is 22.0 Å². The zero-order valence-corrected chi connectivity index (χ0v) is 13.8. The molecule has 120 valence electrons. The highest BCUT2D eigenvalue weighted by Gasteiger charge is 2.29. The molecule has 0 aliphatic carbocycles. The Kier molecular flexibility index (Phi) is 4.29. The molecule has 1 aliphatic rings. The fourth-order valence-electron chi connectivity index (χ4n) is 2.46. The number of nitrogens with one attached hydrogen (secondary N) is 2. The molecule has 1 fully saturated rings. The van der Waals surface area contributed by atoms with Crippen molar-refractivity contribution in [2.75, 3.05) is 18.4 Å². The van der Waals surface area contributed by atoms with Gasteiger partial charge >= 0.3 is 6.03 Å². The van der Waals surface area contributed by atoms with E-state index in [1.807, 2.05) is 36.6 Å². The number of amides is 3. The van der Waals surface area contributed by atoms with E-state index in [2.05, 4.69) is 15.6 Å². The van der Waals surface area contributed by atoms with Crippen molar-refractivity contribution in [3.8, 4) is 11.3 Å². The molecule has 3 rings (SSSR count). The average Bonchev–Trinajstić information content (AvgIpc) is 3.16. The molecule has 0 spiro atoms. The summed E-state index contributed by atoms with van der Waals surface area (Å²) < 4.78 is 0. The van der Waals surface area contributed by atoms with E-state index in [9.17, 15) is 9.59 Å². The lowest BCUT2D eigenvalue weighted by Gasteiger charge is -2.19. The Labute approximate surface area is 138 Å². The van der Waals surface area contributed by atoms with Gasteiger partial charge in [-0.05, 0) is 26.0 Å².